The van der Waals surface area contributed by atoms with E-state index in [-0.39, 0.29) is 24.7 Å². The Kier molecular flexibility index (Phi) is 8.80. The average Bonchev–Trinajstić information content (AvgIpc) is 3.46. The molecule has 0 spiro atoms. The lowest BCUT2D eigenvalue weighted by Gasteiger charge is -2.29. The van der Waals surface area contributed by atoms with Gasteiger partial charge in [-0.05, 0) is 45.0 Å². The number of fused-ring (bicyclic) bond motifs is 1. The van der Waals surface area contributed by atoms with Crippen molar-refractivity contribution in [2.75, 3.05) is 32.1 Å². The van der Waals surface area contributed by atoms with Gasteiger partial charge in [0, 0.05) is 6.54 Å². The number of aliphatic hydroxyl groups is 3. The summed E-state index contributed by atoms with van der Waals surface area (Å²) in [4.78, 5) is 16.1. The number of nitrogens with zero attached hydrogens (tertiary/aromatic N) is 3. The van der Waals surface area contributed by atoms with Crippen molar-refractivity contribution in [1.82, 2.24) is 19.7 Å². The first-order valence-corrected chi connectivity index (χ1v) is 14.1. The van der Waals surface area contributed by atoms with E-state index in [1.54, 1.807) is 42.5 Å². The summed E-state index contributed by atoms with van der Waals surface area (Å²) in [6, 6.07) is 11.6. The number of carbonyl (C=O) groups excluding carboxylic acids is 1. The number of carbonyl (C=O) groups is 1. The molecule has 1 unspecified atom stereocenters. The van der Waals surface area contributed by atoms with Crippen molar-refractivity contribution in [2.24, 2.45) is 5.41 Å². The van der Waals surface area contributed by atoms with Gasteiger partial charge in [-0.3, -0.25) is 9.32 Å². The summed E-state index contributed by atoms with van der Waals surface area (Å²) < 4.78 is 37.8. The summed E-state index contributed by atoms with van der Waals surface area (Å²) in [7, 11) is -4.12. The Morgan fingerprint density at radius 1 is 1.25 bits per heavy atom. The molecular weight excluding hydrogens is 545 g/mol. The summed E-state index contributed by atoms with van der Waals surface area (Å²) in [5, 5.41) is 37.9. The molecule has 3 aromatic rings. The normalized spacial score (nSPS) is 24.6. The van der Waals surface area contributed by atoms with E-state index in [0.717, 1.165) is 0 Å². The van der Waals surface area contributed by atoms with Crippen LogP contribution in [0.3, 0.4) is 0 Å². The Bertz CT molecular complexity index is 1370. The maximum atomic E-state index is 13.7. The van der Waals surface area contributed by atoms with Gasteiger partial charge in [-0.1, -0.05) is 18.2 Å². The summed E-state index contributed by atoms with van der Waals surface area (Å²) in [6.45, 7) is 3.43. The topological polar surface area (TPSA) is 200 Å². The van der Waals surface area contributed by atoms with Crippen LogP contribution in [0.25, 0.3) is 5.52 Å². The van der Waals surface area contributed by atoms with Crippen LogP contribution in [0.2, 0.25) is 0 Å². The molecule has 2 aromatic heterocycles. The minimum absolute atomic E-state index is 0.111. The molecule has 0 aliphatic carbocycles. The molecular formula is C25H34N5O9P. The Labute approximate surface area is 230 Å². The number of nitrogens with one attached hydrogen (secondary N) is 1. The van der Waals surface area contributed by atoms with Gasteiger partial charge in [-0.15, -0.1) is 0 Å². The first-order valence-electron chi connectivity index (χ1n) is 12.5. The van der Waals surface area contributed by atoms with Gasteiger partial charge in [-0.25, -0.2) is 19.2 Å². The highest BCUT2D eigenvalue weighted by Gasteiger charge is 2.53. The molecule has 40 heavy (non-hydrogen) atoms. The lowest BCUT2D eigenvalue weighted by atomic mass is 9.95. The summed E-state index contributed by atoms with van der Waals surface area (Å²) >= 11 is 0. The number of rotatable bonds is 12. The zero-order valence-electron chi connectivity index (χ0n) is 22.3. The van der Waals surface area contributed by atoms with E-state index >= 15 is 0 Å². The van der Waals surface area contributed by atoms with Crippen LogP contribution in [-0.4, -0.2) is 80.1 Å². The van der Waals surface area contributed by atoms with E-state index in [1.165, 1.54) is 31.6 Å². The van der Waals surface area contributed by atoms with Crippen LogP contribution in [0.5, 0.6) is 5.75 Å². The zero-order chi connectivity index (χ0) is 29.1. The number of anilines is 1. The second kappa shape index (κ2) is 11.8. The second-order valence-electron chi connectivity index (χ2n) is 10.2. The number of para-hydroxylation sites is 1. The molecule has 3 heterocycles. The summed E-state index contributed by atoms with van der Waals surface area (Å²) in [5.41, 5.74) is 4.22. The zero-order valence-corrected chi connectivity index (χ0v) is 23.2. The fourth-order valence-electron chi connectivity index (χ4n) is 4.02. The molecule has 5 atom stereocenters. The monoisotopic (exact) mass is 579 g/mol. The third-order valence-corrected chi connectivity index (χ3v) is 8.07. The van der Waals surface area contributed by atoms with Crippen molar-refractivity contribution in [3.63, 3.8) is 0 Å². The lowest BCUT2D eigenvalue weighted by molar-refractivity contribution is -0.155. The standard InChI is InChI=1S/C25H34N5O9P/c1-24(2,13-31)23(34)36-12-11-29-40(35,39-16-7-5-4-6-8-16)37-14-25(3)21(33)19(32)20(38-25)17-9-10-18-22(26)27-15-28-30(17)18/h4-10,15,19-21,31-33H,11-14H2,1-3H3,(H,29,35)(H2,26,27,28)/t19-,20-,21-,25+,40?/m0/s1. The van der Waals surface area contributed by atoms with Crippen LogP contribution < -0.4 is 15.3 Å². The van der Waals surface area contributed by atoms with Gasteiger partial charge < -0.3 is 35.1 Å². The summed E-state index contributed by atoms with van der Waals surface area (Å²) in [6.07, 6.45) is -2.57. The quantitative estimate of drug-likeness (QED) is 0.117. The highest BCUT2D eigenvalue weighted by atomic mass is 31.2. The number of aromatic nitrogens is 3. The first kappa shape index (κ1) is 29.9. The minimum Gasteiger partial charge on any atom is -0.464 e. The van der Waals surface area contributed by atoms with Gasteiger partial charge in [0.05, 0.1) is 24.3 Å². The van der Waals surface area contributed by atoms with Crippen molar-refractivity contribution < 1.29 is 43.2 Å². The molecule has 0 saturated carbocycles. The fourth-order valence-corrected chi connectivity index (χ4v) is 5.42. The van der Waals surface area contributed by atoms with E-state index in [4.69, 9.17) is 24.3 Å². The van der Waals surface area contributed by atoms with E-state index in [0.29, 0.717) is 11.2 Å². The number of ether oxygens (including phenoxy) is 2. The fraction of sp³-hybridized carbons (Fsp3) is 0.480. The van der Waals surface area contributed by atoms with Crippen molar-refractivity contribution in [3.05, 3.63) is 54.5 Å². The minimum atomic E-state index is -4.12. The van der Waals surface area contributed by atoms with E-state index in [9.17, 15) is 24.7 Å². The van der Waals surface area contributed by atoms with Crippen LogP contribution in [0.4, 0.5) is 5.82 Å². The first-order chi connectivity index (χ1) is 18.9. The Balaban J connectivity index is 1.47. The molecule has 1 aromatic carbocycles. The van der Waals surface area contributed by atoms with Gasteiger partial charge >= 0.3 is 13.7 Å². The SMILES string of the molecule is CC(C)(CO)C(=O)OCCNP(=O)(OC[C@@]1(C)O[C@@H](c2ccc3c(N)ncnn23)[C@H](O)[C@@H]1O)Oc1ccccc1. The number of hydrogen-bond donors (Lipinski definition) is 5. The van der Waals surface area contributed by atoms with Crippen molar-refractivity contribution in [1.29, 1.82) is 0 Å². The van der Waals surface area contributed by atoms with E-state index in [1.807, 2.05) is 0 Å². The van der Waals surface area contributed by atoms with Crippen molar-refractivity contribution in [2.45, 2.75) is 44.7 Å². The average molecular weight is 580 g/mol. The van der Waals surface area contributed by atoms with Crippen LogP contribution in [-0.2, 0) is 23.4 Å². The third-order valence-electron chi connectivity index (χ3n) is 6.54. The smallest absolute Gasteiger partial charge is 0.458 e. The van der Waals surface area contributed by atoms with Crippen LogP contribution in [0.15, 0.2) is 48.8 Å². The molecule has 0 bridgehead atoms. The van der Waals surface area contributed by atoms with Gasteiger partial charge in [0.2, 0.25) is 0 Å². The summed E-state index contributed by atoms with van der Waals surface area (Å²) in [5.74, 6) is -0.155. The van der Waals surface area contributed by atoms with Crippen LogP contribution in [0, 0.1) is 5.41 Å². The Morgan fingerprint density at radius 3 is 2.67 bits per heavy atom. The van der Waals surface area contributed by atoms with Gasteiger partial charge in [-0.2, -0.15) is 5.10 Å². The predicted molar refractivity (Wildman–Crippen MR) is 142 cm³/mol. The molecule has 0 radical (unpaired) electrons. The van der Waals surface area contributed by atoms with Crippen molar-refractivity contribution >= 4 is 25.1 Å². The molecule has 4 rings (SSSR count). The third kappa shape index (κ3) is 6.28. The van der Waals surface area contributed by atoms with E-state index < -0.39 is 56.3 Å². The number of esters is 1. The van der Waals surface area contributed by atoms with E-state index in [2.05, 4.69) is 15.2 Å². The largest absolute Gasteiger partial charge is 0.464 e. The molecule has 0 amide bonds. The molecule has 1 aliphatic rings. The van der Waals surface area contributed by atoms with Crippen LogP contribution in [0.1, 0.15) is 32.6 Å². The number of nitrogen functional groups attached to an aromatic ring is 1. The lowest BCUT2D eigenvalue weighted by Crippen LogP contribution is -2.44. The van der Waals surface area contributed by atoms with Crippen LogP contribution >= 0.6 is 7.75 Å². The molecule has 218 valence electrons. The van der Waals surface area contributed by atoms with Crippen molar-refractivity contribution in [3.8, 4) is 5.75 Å². The maximum absolute atomic E-state index is 13.7. The Hall–Kier alpha value is -3.10. The maximum Gasteiger partial charge on any atom is 0.458 e. The second-order valence-corrected chi connectivity index (χ2v) is 12.0. The Morgan fingerprint density at radius 2 is 1.98 bits per heavy atom. The predicted octanol–water partition coefficient (Wildman–Crippen LogP) is 1.22. The number of nitrogens with two attached hydrogens (primary N) is 1. The molecule has 1 saturated heterocycles. The highest BCUT2D eigenvalue weighted by Crippen LogP contribution is 2.48. The highest BCUT2D eigenvalue weighted by molar-refractivity contribution is 7.52. The number of aliphatic hydroxyl groups excluding tert-OH is 3. The number of benzene rings is 1. The van der Waals surface area contributed by atoms with Gasteiger partial charge in [0.25, 0.3) is 0 Å². The molecule has 6 N–H and O–H groups in total. The molecule has 14 nitrogen and oxygen atoms in total. The molecule has 1 aliphatic heterocycles. The number of hydrogen-bond acceptors (Lipinski definition) is 12. The molecule has 1 fully saturated rings. The van der Waals surface area contributed by atoms with Gasteiger partial charge in [0.1, 0.15) is 48.1 Å². The van der Waals surface area contributed by atoms with Gasteiger partial charge in [0.15, 0.2) is 5.82 Å². The molecule has 15 heteroatoms.